The van der Waals surface area contributed by atoms with Crippen LogP contribution in [0.25, 0.3) is 33.7 Å². The predicted molar refractivity (Wildman–Crippen MR) is 110 cm³/mol. The lowest BCUT2D eigenvalue weighted by Crippen LogP contribution is -2.23. The number of fused-ring (bicyclic) bond motifs is 1. The van der Waals surface area contributed by atoms with Crippen LogP contribution in [0.4, 0.5) is 4.39 Å². The fraction of sp³-hybridized carbons (Fsp3) is 0. The van der Waals surface area contributed by atoms with Gasteiger partial charge in [0.25, 0.3) is 5.56 Å². The molecule has 0 aliphatic rings. The molecule has 0 unspecified atom stereocenters. The highest BCUT2D eigenvalue weighted by molar-refractivity contribution is 7.15. The van der Waals surface area contributed by atoms with E-state index in [2.05, 4.69) is 10.1 Å². The highest BCUT2D eigenvalue weighted by atomic mass is 35.5. The van der Waals surface area contributed by atoms with Crippen LogP contribution in [0.1, 0.15) is 5.76 Å². The molecule has 8 heteroatoms. The Labute approximate surface area is 172 Å². The van der Waals surface area contributed by atoms with Crippen LogP contribution in [0, 0.1) is 5.82 Å². The van der Waals surface area contributed by atoms with Crippen molar-refractivity contribution >= 4 is 34.0 Å². The summed E-state index contributed by atoms with van der Waals surface area (Å²) in [7, 11) is 0. The molecular weight excluding hydrogens is 413 g/mol. The fourth-order valence-electron chi connectivity index (χ4n) is 2.91. The lowest BCUT2D eigenvalue weighted by atomic mass is 10.2. The number of aromatic nitrogens is 3. The van der Waals surface area contributed by atoms with E-state index in [1.54, 1.807) is 30.3 Å². The molecule has 3 aromatic heterocycles. The molecule has 0 spiro atoms. The molecule has 5 nitrogen and oxygen atoms in total. The van der Waals surface area contributed by atoms with Gasteiger partial charge in [0, 0.05) is 22.2 Å². The highest BCUT2D eigenvalue weighted by Crippen LogP contribution is 2.25. The zero-order valence-electron chi connectivity index (χ0n) is 14.7. The molecule has 0 saturated carbocycles. The van der Waals surface area contributed by atoms with Gasteiger partial charge < -0.3 is 4.42 Å². The third-order valence-electron chi connectivity index (χ3n) is 4.29. The van der Waals surface area contributed by atoms with E-state index in [4.69, 9.17) is 16.0 Å². The number of hydrogen-bond acceptors (Lipinski definition) is 5. The van der Waals surface area contributed by atoms with E-state index in [9.17, 15) is 9.18 Å². The molecule has 0 radical (unpaired) electrons. The lowest BCUT2D eigenvalue weighted by Gasteiger charge is -1.96. The second kappa shape index (κ2) is 6.95. The standard InChI is InChI=1S/C21H11ClFN3O2S/c22-14-3-1-2-13(10-14)17-9-8-16(28-17)11-18-20(27)26-21(29-18)24-19(25-26)12-4-6-15(23)7-5-12/h1-11H. The Morgan fingerprint density at radius 2 is 1.90 bits per heavy atom. The maximum atomic E-state index is 13.1. The van der Waals surface area contributed by atoms with Gasteiger partial charge >= 0.3 is 0 Å². The Balaban J connectivity index is 1.52. The van der Waals surface area contributed by atoms with Crippen molar-refractivity contribution in [3.05, 3.63) is 92.1 Å². The van der Waals surface area contributed by atoms with E-state index >= 15 is 0 Å². The third kappa shape index (κ3) is 3.35. The molecule has 2 aromatic carbocycles. The molecule has 0 aliphatic carbocycles. The van der Waals surface area contributed by atoms with Crippen molar-refractivity contribution in [2.75, 3.05) is 0 Å². The summed E-state index contributed by atoms with van der Waals surface area (Å²) in [5.74, 6) is 1.23. The number of hydrogen-bond donors (Lipinski definition) is 0. The van der Waals surface area contributed by atoms with E-state index in [1.165, 1.54) is 28.0 Å². The second-order valence-electron chi connectivity index (χ2n) is 6.26. The zero-order valence-corrected chi connectivity index (χ0v) is 16.2. The second-order valence-corrected chi connectivity index (χ2v) is 7.71. The Morgan fingerprint density at radius 3 is 2.66 bits per heavy atom. The summed E-state index contributed by atoms with van der Waals surface area (Å²) < 4.78 is 20.6. The molecular formula is C21H11ClFN3O2S. The van der Waals surface area contributed by atoms with E-state index in [-0.39, 0.29) is 11.4 Å². The minimum Gasteiger partial charge on any atom is -0.457 e. The first-order valence-corrected chi connectivity index (χ1v) is 9.79. The molecule has 5 rings (SSSR count). The van der Waals surface area contributed by atoms with E-state index in [0.717, 1.165) is 5.56 Å². The average Bonchev–Trinajstić information content (AvgIpc) is 3.41. The normalized spacial score (nSPS) is 12.1. The molecule has 0 N–H and O–H groups in total. The van der Waals surface area contributed by atoms with Gasteiger partial charge in [-0.3, -0.25) is 4.79 Å². The monoisotopic (exact) mass is 423 g/mol. The Morgan fingerprint density at radius 1 is 1.07 bits per heavy atom. The molecule has 3 heterocycles. The zero-order chi connectivity index (χ0) is 20.0. The summed E-state index contributed by atoms with van der Waals surface area (Å²) in [5.41, 5.74) is 1.21. The van der Waals surface area contributed by atoms with Crippen molar-refractivity contribution in [1.82, 2.24) is 14.6 Å². The van der Waals surface area contributed by atoms with Crippen molar-refractivity contribution in [3.8, 4) is 22.7 Å². The SMILES string of the molecule is O=c1c(=Cc2ccc(-c3cccc(Cl)c3)o2)sc2nc(-c3ccc(F)cc3)nn12. The van der Waals surface area contributed by atoms with E-state index < -0.39 is 0 Å². The maximum Gasteiger partial charge on any atom is 0.291 e. The molecule has 29 heavy (non-hydrogen) atoms. The van der Waals surface area contributed by atoms with Gasteiger partial charge in [0.15, 0.2) is 5.82 Å². The summed E-state index contributed by atoms with van der Waals surface area (Å²) >= 11 is 7.24. The quantitative estimate of drug-likeness (QED) is 0.431. The van der Waals surface area contributed by atoms with Crippen LogP contribution >= 0.6 is 22.9 Å². The summed E-state index contributed by atoms with van der Waals surface area (Å²) in [4.78, 5) is 17.5. The molecule has 0 saturated heterocycles. The van der Waals surface area contributed by atoms with Crippen LogP contribution in [0.2, 0.25) is 5.02 Å². The van der Waals surface area contributed by atoms with Gasteiger partial charge in [-0.2, -0.15) is 9.50 Å². The van der Waals surface area contributed by atoms with E-state index in [0.29, 0.717) is 37.4 Å². The first-order chi connectivity index (χ1) is 14.1. The smallest absolute Gasteiger partial charge is 0.291 e. The number of furan rings is 1. The third-order valence-corrected chi connectivity index (χ3v) is 5.49. The summed E-state index contributed by atoms with van der Waals surface area (Å²) in [6.45, 7) is 0. The number of benzene rings is 2. The van der Waals surface area contributed by atoms with Gasteiger partial charge in [0.05, 0.1) is 0 Å². The van der Waals surface area contributed by atoms with Crippen LogP contribution < -0.4 is 10.1 Å². The Bertz CT molecular complexity index is 1450. The number of nitrogens with zero attached hydrogens (tertiary/aromatic N) is 3. The van der Waals surface area contributed by atoms with Gasteiger partial charge in [-0.25, -0.2) is 4.39 Å². The van der Waals surface area contributed by atoms with Crippen molar-refractivity contribution in [2.45, 2.75) is 0 Å². The van der Waals surface area contributed by atoms with Gasteiger partial charge in [-0.05, 0) is 48.5 Å². The number of rotatable bonds is 3. The van der Waals surface area contributed by atoms with Crippen molar-refractivity contribution in [2.24, 2.45) is 0 Å². The van der Waals surface area contributed by atoms with Crippen molar-refractivity contribution in [3.63, 3.8) is 0 Å². The number of thiazole rings is 1. The van der Waals surface area contributed by atoms with Gasteiger partial charge in [-0.1, -0.05) is 35.1 Å². The van der Waals surface area contributed by atoms with Crippen molar-refractivity contribution in [1.29, 1.82) is 0 Å². The van der Waals surface area contributed by atoms with Gasteiger partial charge in [0.1, 0.15) is 21.9 Å². The number of halogens is 2. The van der Waals surface area contributed by atoms with Crippen LogP contribution in [0.15, 0.2) is 69.9 Å². The van der Waals surface area contributed by atoms with Gasteiger partial charge in [0.2, 0.25) is 4.96 Å². The van der Waals surface area contributed by atoms with Crippen LogP contribution in [0.3, 0.4) is 0 Å². The topological polar surface area (TPSA) is 60.4 Å². The summed E-state index contributed by atoms with van der Waals surface area (Å²) in [6, 6.07) is 16.8. The molecule has 142 valence electrons. The molecule has 5 aromatic rings. The molecule has 0 amide bonds. The van der Waals surface area contributed by atoms with Gasteiger partial charge in [-0.15, -0.1) is 5.10 Å². The molecule has 0 bridgehead atoms. The average molecular weight is 424 g/mol. The first-order valence-electron chi connectivity index (χ1n) is 8.60. The highest BCUT2D eigenvalue weighted by Gasteiger charge is 2.12. The Kier molecular flexibility index (Phi) is 4.26. The summed E-state index contributed by atoms with van der Waals surface area (Å²) in [5, 5.41) is 4.87. The van der Waals surface area contributed by atoms with Crippen LogP contribution in [-0.4, -0.2) is 14.6 Å². The van der Waals surface area contributed by atoms with Crippen molar-refractivity contribution < 1.29 is 8.81 Å². The van der Waals surface area contributed by atoms with E-state index in [1.807, 2.05) is 24.3 Å². The fourth-order valence-corrected chi connectivity index (χ4v) is 3.99. The largest absolute Gasteiger partial charge is 0.457 e. The molecule has 0 atom stereocenters. The van der Waals surface area contributed by atoms with Crippen LogP contribution in [-0.2, 0) is 0 Å². The Hall–Kier alpha value is -3.29. The molecule has 0 aliphatic heterocycles. The minimum absolute atomic E-state index is 0.286. The first kappa shape index (κ1) is 17.8. The predicted octanol–water partition coefficient (Wildman–Crippen LogP) is 4.42. The van der Waals surface area contributed by atoms with Crippen LogP contribution in [0.5, 0.6) is 0 Å². The molecule has 0 fully saturated rings. The summed E-state index contributed by atoms with van der Waals surface area (Å²) in [6.07, 6.45) is 1.66. The minimum atomic E-state index is -0.341. The lowest BCUT2D eigenvalue weighted by molar-refractivity contribution is 0.571. The maximum absolute atomic E-state index is 13.1.